The highest BCUT2D eigenvalue weighted by atomic mass is 32.2. The predicted octanol–water partition coefficient (Wildman–Crippen LogP) is 1.49. The van der Waals surface area contributed by atoms with E-state index in [2.05, 4.69) is 0 Å². The molecule has 0 saturated heterocycles. The van der Waals surface area contributed by atoms with E-state index in [1.54, 1.807) is 13.2 Å². The highest BCUT2D eigenvalue weighted by molar-refractivity contribution is 8.02. The van der Waals surface area contributed by atoms with Gasteiger partial charge in [0, 0.05) is 0 Å². The van der Waals surface area contributed by atoms with Crippen molar-refractivity contribution in [2.24, 2.45) is 0 Å². The molecule has 0 radical (unpaired) electrons. The Hall–Kier alpha value is -0.510. The van der Waals surface area contributed by atoms with Crippen LogP contribution in [-0.2, 0) is 0 Å². The number of rotatable bonds is 2. The molecule has 46 valence electrons. The third kappa shape index (κ3) is 3.67. The van der Waals surface area contributed by atoms with Gasteiger partial charge in [-0.1, -0.05) is 0 Å². The van der Waals surface area contributed by atoms with Gasteiger partial charge in [0.2, 0.25) is 6.20 Å². The molecule has 0 aliphatic heterocycles. The van der Waals surface area contributed by atoms with Crippen LogP contribution in [0.3, 0.4) is 0 Å². The number of allylic oxidation sites excluding steroid dienone is 1. The van der Waals surface area contributed by atoms with Crippen molar-refractivity contribution in [3.63, 3.8) is 0 Å². The van der Waals surface area contributed by atoms with Crippen LogP contribution in [0.2, 0.25) is 0 Å². The molecule has 4 heteroatoms. The summed E-state index contributed by atoms with van der Waals surface area (Å²) in [6.45, 7) is 1.70. The lowest BCUT2D eigenvalue weighted by molar-refractivity contribution is -0.402. The normalized spacial score (nSPS) is 11.5. The first-order valence-electron chi connectivity index (χ1n) is 2.02. The van der Waals surface area contributed by atoms with Crippen LogP contribution in [0.1, 0.15) is 6.92 Å². The zero-order valence-electron chi connectivity index (χ0n) is 4.75. The van der Waals surface area contributed by atoms with E-state index in [9.17, 15) is 10.1 Å². The fraction of sp³-hybridized carbons (Fsp3) is 0.500. The van der Waals surface area contributed by atoms with Gasteiger partial charge in [0.15, 0.2) is 0 Å². The second-order valence-corrected chi connectivity index (χ2v) is 2.28. The Balaban J connectivity index is 3.75. The maximum Gasteiger partial charge on any atom is 0.243 e. The second kappa shape index (κ2) is 3.49. The minimum atomic E-state index is -0.453. The highest BCUT2D eigenvalue weighted by Gasteiger charge is 1.89. The van der Waals surface area contributed by atoms with Crippen LogP contribution < -0.4 is 0 Å². The largest absolute Gasteiger partial charge is 0.259 e. The summed E-state index contributed by atoms with van der Waals surface area (Å²) in [6.07, 6.45) is 2.79. The molecule has 3 nitrogen and oxygen atoms in total. The van der Waals surface area contributed by atoms with E-state index in [0.717, 1.165) is 11.1 Å². The molecule has 0 aliphatic carbocycles. The molecule has 0 fully saturated rings. The third-order valence-corrected chi connectivity index (χ3v) is 1.36. The lowest BCUT2D eigenvalue weighted by Gasteiger charge is -1.84. The van der Waals surface area contributed by atoms with Gasteiger partial charge in [0.05, 0.1) is 9.83 Å². The molecule has 0 N–H and O–H groups in total. The molecule has 0 aromatic carbocycles. The van der Waals surface area contributed by atoms with Crippen molar-refractivity contribution >= 4 is 11.8 Å². The minimum Gasteiger partial charge on any atom is -0.259 e. The van der Waals surface area contributed by atoms with Crippen LogP contribution in [0.5, 0.6) is 0 Å². The van der Waals surface area contributed by atoms with Crippen LogP contribution in [0.25, 0.3) is 0 Å². The Labute approximate surface area is 51.9 Å². The van der Waals surface area contributed by atoms with E-state index in [1.165, 1.54) is 11.8 Å². The molecule has 0 spiro atoms. The lowest BCUT2D eigenvalue weighted by Crippen LogP contribution is -1.83. The van der Waals surface area contributed by atoms with E-state index in [1.807, 2.05) is 0 Å². The van der Waals surface area contributed by atoms with Gasteiger partial charge in [-0.3, -0.25) is 10.1 Å². The summed E-state index contributed by atoms with van der Waals surface area (Å²) in [5.41, 5.74) is 0. The summed E-state index contributed by atoms with van der Waals surface area (Å²) < 4.78 is 0. The topological polar surface area (TPSA) is 43.1 Å². The molecule has 0 bridgehead atoms. The molecule has 0 amide bonds. The molecular weight excluding hydrogens is 126 g/mol. The number of hydrogen-bond acceptors (Lipinski definition) is 3. The van der Waals surface area contributed by atoms with Gasteiger partial charge in [-0.15, -0.1) is 11.8 Å². The standard InChI is InChI=1S/C4H7NO2S/c1-4(8-2)3-5(6)7/h3H,1-2H3/b4-3-. The van der Waals surface area contributed by atoms with Gasteiger partial charge in [-0.2, -0.15) is 0 Å². The lowest BCUT2D eigenvalue weighted by atomic mass is 10.7. The average molecular weight is 133 g/mol. The van der Waals surface area contributed by atoms with Crippen molar-refractivity contribution in [2.75, 3.05) is 6.26 Å². The molecular formula is C4H7NO2S. The van der Waals surface area contributed by atoms with Crippen molar-refractivity contribution < 1.29 is 4.92 Å². The number of thioether (sulfide) groups is 1. The van der Waals surface area contributed by atoms with E-state index < -0.39 is 4.92 Å². The van der Waals surface area contributed by atoms with E-state index in [4.69, 9.17) is 0 Å². The number of nitro groups is 1. The summed E-state index contributed by atoms with van der Waals surface area (Å²) >= 11 is 1.37. The Kier molecular flexibility index (Phi) is 3.26. The first-order chi connectivity index (χ1) is 3.66. The van der Waals surface area contributed by atoms with Crippen LogP contribution in [-0.4, -0.2) is 11.2 Å². The summed E-state index contributed by atoms with van der Waals surface area (Å²) in [4.78, 5) is 9.95. The van der Waals surface area contributed by atoms with Gasteiger partial charge in [0.1, 0.15) is 0 Å². The fourth-order valence-corrected chi connectivity index (χ4v) is 0.393. The molecule has 0 heterocycles. The zero-order valence-corrected chi connectivity index (χ0v) is 5.57. The van der Waals surface area contributed by atoms with Gasteiger partial charge < -0.3 is 0 Å². The van der Waals surface area contributed by atoms with Crippen LogP contribution in [0.15, 0.2) is 11.1 Å². The first kappa shape index (κ1) is 7.49. The molecule has 0 aliphatic rings. The van der Waals surface area contributed by atoms with E-state index in [0.29, 0.717) is 0 Å². The van der Waals surface area contributed by atoms with Crippen molar-refractivity contribution in [1.82, 2.24) is 0 Å². The van der Waals surface area contributed by atoms with Crippen molar-refractivity contribution in [1.29, 1.82) is 0 Å². The third-order valence-electron chi connectivity index (χ3n) is 0.609. The Morgan fingerprint density at radius 3 is 2.50 bits per heavy atom. The molecule has 8 heavy (non-hydrogen) atoms. The van der Waals surface area contributed by atoms with E-state index in [-0.39, 0.29) is 0 Å². The summed E-state index contributed by atoms with van der Waals surface area (Å²) in [7, 11) is 0. The average Bonchev–Trinajstić information content (AvgIpc) is 1.65. The second-order valence-electron chi connectivity index (χ2n) is 1.23. The number of hydrogen-bond donors (Lipinski definition) is 0. The van der Waals surface area contributed by atoms with Gasteiger partial charge in [-0.25, -0.2) is 0 Å². The molecule has 0 aromatic rings. The smallest absolute Gasteiger partial charge is 0.243 e. The van der Waals surface area contributed by atoms with Gasteiger partial charge in [0.25, 0.3) is 0 Å². The first-order valence-corrected chi connectivity index (χ1v) is 3.25. The Morgan fingerprint density at radius 1 is 1.88 bits per heavy atom. The highest BCUT2D eigenvalue weighted by Crippen LogP contribution is 2.07. The van der Waals surface area contributed by atoms with E-state index >= 15 is 0 Å². The molecule has 0 unspecified atom stereocenters. The molecule has 0 rings (SSSR count). The predicted molar refractivity (Wildman–Crippen MR) is 34.3 cm³/mol. The maximum absolute atomic E-state index is 9.68. The Bertz CT molecular complexity index is 121. The van der Waals surface area contributed by atoms with Crippen molar-refractivity contribution in [2.45, 2.75) is 6.92 Å². The summed E-state index contributed by atoms with van der Waals surface area (Å²) in [6, 6.07) is 0. The zero-order chi connectivity index (χ0) is 6.57. The van der Waals surface area contributed by atoms with Crippen molar-refractivity contribution in [3.05, 3.63) is 21.2 Å². The summed E-state index contributed by atoms with van der Waals surface area (Å²) in [5, 5.41) is 9.68. The fourth-order valence-electron chi connectivity index (χ4n) is 0.201. The quantitative estimate of drug-likeness (QED) is 0.423. The van der Waals surface area contributed by atoms with Gasteiger partial charge >= 0.3 is 0 Å². The molecule has 0 saturated carbocycles. The monoisotopic (exact) mass is 133 g/mol. The van der Waals surface area contributed by atoms with Gasteiger partial charge in [-0.05, 0) is 13.2 Å². The SMILES string of the molecule is CS/C(C)=C\[N+](=O)[O-]. The van der Waals surface area contributed by atoms with Crippen LogP contribution in [0.4, 0.5) is 0 Å². The minimum absolute atomic E-state index is 0.453. The molecule has 0 atom stereocenters. The maximum atomic E-state index is 9.68. The van der Waals surface area contributed by atoms with Crippen molar-refractivity contribution in [3.8, 4) is 0 Å². The molecule has 0 aromatic heterocycles. The number of nitrogens with zero attached hydrogens (tertiary/aromatic N) is 1. The summed E-state index contributed by atoms with van der Waals surface area (Å²) in [5.74, 6) is 0. The van der Waals surface area contributed by atoms with Crippen LogP contribution >= 0.6 is 11.8 Å². The van der Waals surface area contributed by atoms with Crippen LogP contribution in [0, 0.1) is 10.1 Å². The Morgan fingerprint density at radius 2 is 2.38 bits per heavy atom.